The van der Waals surface area contributed by atoms with Crippen LogP contribution in [0.3, 0.4) is 0 Å². The van der Waals surface area contributed by atoms with Crippen LogP contribution in [-0.2, 0) is 9.53 Å². The van der Waals surface area contributed by atoms with Crippen molar-refractivity contribution in [2.24, 2.45) is 10.8 Å². The number of nitrogens with zero attached hydrogens (tertiary/aromatic N) is 1. The fourth-order valence-corrected chi connectivity index (χ4v) is 2.39. The molecule has 0 saturated heterocycles. The van der Waals surface area contributed by atoms with Gasteiger partial charge in [0.2, 0.25) is 0 Å². The molecule has 0 aliphatic heterocycles. The molecule has 1 rings (SSSR count). The van der Waals surface area contributed by atoms with E-state index in [1.807, 2.05) is 6.92 Å². The van der Waals surface area contributed by atoms with Crippen LogP contribution in [-0.4, -0.2) is 38.5 Å². The molecule has 0 aliphatic rings. The lowest BCUT2D eigenvalue weighted by Crippen LogP contribution is -2.24. The van der Waals surface area contributed by atoms with Gasteiger partial charge in [-0.15, -0.1) is 0 Å². The first-order chi connectivity index (χ1) is 10.9. The fourth-order valence-electron chi connectivity index (χ4n) is 1.45. The monoisotopic (exact) mass is 451 g/mol. The molecule has 1 aromatic rings. The molecule has 0 bridgehead atoms. The molecule has 0 radical (unpaired) electrons. The number of amides is 2. The third-order valence-corrected chi connectivity index (χ3v) is 4.54. The normalized spacial score (nSPS) is 10.4. The van der Waals surface area contributed by atoms with E-state index in [1.54, 1.807) is 6.07 Å². The minimum atomic E-state index is -0.778. The molecule has 126 valence electrons. The number of methoxy groups -OCH3 is 1. The molecule has 23 heavy (non-hydrogen) atoms. The number of hydrogen-bond acceptors (Lipinski definition) is 6. The summed E-state index contributed by atoms with van der Waals surface area (Å²) in [4.78, 5) is 21.9. The van der Waals surface area contributed by atoms with Gasteiger partial charge in [-0.05, 0) is 44.8 Å². The Bertz CT molecular complexity index is 622. The minimum absolute atomic E-state index is 0.266. The number of ether oxygens (including phenoxy) is 3. The van der Waals surface area contributed by atoms with Crippen LogP contribution in [0.4, 0.5) is 4.79 Å². The van der Waals surface area contributed by atoms with E-state index < -0.39 is 12.0 Å². The van der Waals surface area contributed by atoms with Crippen LogP contribution in [0.2, 0.25) is 0 Å². The molecule has 0 fully saturated rings. The second-order valence-corrected chi connectivity index (χ2v) is 5.54. The van der Waals surface area contributed by atoms with Crippen LogP contribution in [0, 0.1) is 0 Å². The molecule has 0 atom stereocenters. The average molecular weight is 453 g/mol. The first-order valence-corrected chi connectivity index (χ1v) is 7.92. The Balaban J connectivity index is 3.15. The maximum atomic E-state index is 11.2. The second kappa shape index (κ2) is 9.36. The number of rotatable bonds is 7. The molecule has 0 aromatic heterocycles. The largest absolute Gasteiger partial charge is 0.490 e. The van der Waals surface area contributed by atoms with Gasteiger partial charge in [0, 0.05) is 10.0 Å². The Morgan fingerprint density at radius 1 is 1.35 bits per heavy atom. The van der Waals surface area contributed by atoms with E-state index in [0.29, 0.717) is 32.6 Å². The highest BCUT2D eigenvalue weighted by Gasteiger charge is 2.18. The molecular formula is C13H15Br2N3O5. The first-order valence-electron chi connectivity index (χ1n) is 6.33. The molecular weight excluding hydrogens is 438 g/mol. The Labute approximate surface area is 149 Å². The lowest BCUT2D eigenvalue weighted by atomic mass is 10.2. The summed E-state index contributed by atoms with van der Waals surface area (Å²) in [5, 5.41) is 3.69. The standard InChI is InChI=1S/C13H15Br2N3O5/c1-3-22-8-4-7(5-17-18-13(16)20)10(14)11(15)12(8)23-6-9(19)21-2/h4-5H,3,6H2,1-2H3,(H3,16,18,20). The number of carbonyl (C=O) groups excluding carboxylic acids is 2. The highest BCUT2D eigenvalue weighted by molar-refractivity contribution is 9.13. The lowest BCUT2D eigenvalue weighted by Gasteiger charge is -2.15. The molecule has 0 saturated carbocycles. The van der Waals surface area contributed by atoms with Crippen LogP contribution >= 0.6 is 31.9 Å². The number of urea groups is 1. The summed E-state index contributed by atoms with van der Waals surface area (Å²) >= 11 is 6.74. The Hall–Kier alpha value is -1.81. The number of nitrogens with two attached hydrogens (primary N) is 1. The van der Waals surface area contributed by atoms with Gasteiger partial charge in [0.25, 0.3) is 0 Å². The minimum Gasteiger partial charge on any atom is -0.490 e. The van der Waals surface area contributed by atoms with Crippen molar-refractivity contribution in [3.05, 3.63) is 20.6 Å². The number of hydrazone groups is 1. The zero-order valence-corrected chi connectivity index (χ0v) is 15.6. The van der Waals surface area contributed by atoms with E-state index in [4.69, 9.17) is 15.2 Å². The zero-order chi connectivity index (χ0) is 17.4. The van der Waals surface area contributed by atoms with Crippen LogP contribution < -0.4 is 20.6 Å². The summed E-state index contributed by atoms with van der Waals surface area (Å²) in [6, 6.07) is 0.858. The van der Waals surface area contributed by atoms with Gasteiger partial charge in [0.1, 0.15) is 0 Å². The van der Waals surface area contributed by atoms with Crippen molar-refractivity contribution < 1.29 is 23.8 Å². The van der Waals surface area contributed by atoms with E-state index in [0.717, 1.165) is 0 Å². The molecule has 3 N–H and O–H groups in total. The zero-order valence-electron chi connectivity index (χ0n) is 12.4. The fraction of sp³-hybridized carbons (Fsp3) is 0.308. The highest BCUT2D eigenvalue weighted by atomic mass is 79.9. The van der Waals surface area contributed by atoms with Crippen LogP contribution in [0.5, 0.6) is 11.5 Å². The number of primary amides is 1. The molecule has 2 amide bonds. The summed E-state index contributed by atoms with van der Waals surface area (Å²) in [6.07, 6.45) is 1.38. The van der Waals surface area contributed by atoms with E-state index in [2.05, 4.69) is 47.1 Å². The predicted molar refractivity (Wildman–Crippen MR) is 90.8 cm³/mol. The van der Waals surface area contributed by atoms with E-state index >= 15 is 0 Å². The highest BCUT2D eigenvalue weighted by Crippen LogP contribution is 2.42. The van der Waals surface area contributed by atoms with Gasteiger partial charge in [-0.25, -0.2) is 15.0 Å². The summed E-state index contributed by atoms with van der Waals surface area (Å²) in [5.41, 5.74) is 7.62. The van der Waals surface area contributed by atoms with Crippen LogP contribution in [0.15, 0.2) is 20.1 Å². The third kappa shape index (κ3) is 5.71. The number of esters is 1. The van der Waals surface area contributed by atoms with Gasteiger partial charge >= 0.3 is 12.0 Å². The summed E-state index contributed by atoms with van der Waals surface area (Å²) in [5.74, 6) is 0.211. The van der Waals surface area contributed by atoms with Gasteiger partial charge in [-0.2, -0.15) is 5.10 Å². The summed E-state index contributed by atoms with van der Waals surface area (Å²) < 4.78 is 16.6. The molecule has 10 heteroatoms. The SMILES string of the molecule is CCOc1cc(C=NNC(N)=O)c(Br)c(Br)c1OCC(=O)OC. The molecule has 0 heterocycles. The van der Waals surface area contributed by atoms with Crippen molar-refractivity contribution in [1.82, 2.24) is 5.43 Å². The average Bonchev–Trinajstić information content (AvgIpc) is 2.51. The second-order valence-electron chi connectivity index (χ2n) is 3.95. The Morgan fingerprint density at radius 3 is 2.61 bits per heavy atom. The van der Waals surface area contributed by atoms with Gasteiger partial charge in [0.15, 0.2) is 18.1 Å². The van der Waals surface area contributed by atoms with Crippen molar-refractivity contribution in [2.45, 2.75) is 6.92 Å². The maximum Gasteiger partial charge on any atom is 0.343 e. The number of halogens is 2. The van der Waals surface area contributed by atoms with Crippen LogP contribution in [0.1, 0.15) is 12.5 Å². The van der Waals surface area contributed by atoms with Crippen molar-refractivity contribution in [1.29, 1.82) is 0 Å². The first kappa shape index (κ1) is 19.2. The Kier molecular flexibility index (Phi) is 7.83. The molecule has 0 spiro atoms. The molecule has 1 aromatic carbocycles. The van der Waals surface area contributed by atoms with Crippen LogP contribution in [0.25, 0.3) is 0 Å². The van der Waals surface area contributed by atoms with E-state index in [-0.39, 0.29) is 6.61 Å². The van der Waals surface area contributed by atoms with Gasteiger partial charge in [-0.1, -0.05) is 0 Å². The van der Waals surface area contributed by atoms with Gasteiger partial charge in [-0.3, -0.25) is 0 Å². The number of benzene rings is 1. The van der Waals surface area contributed by atoms with E-state index in [1.165, 1.54) is 13.3 Å². The summed E-state index contributed by atoms with van der Waals surface area (Å²) in [6.45, 7) is 1.93. The van der Waals surface area contributed by atoms with Gasteiger partial charge < -0.3 is 19.9 Å². The quantitative estimate of drug-likeness (QED) is 0.374. The summed E-state index contributed by atoms with van der Waals surface area (Å²) in [7, 11) is 1.27. The maximum absolute atomic E-state index is 11.2. The Morgan fingerprint density at radius 2 is 2.04 bits per heavy atom. The smallest absolute Gasteiger partial charge is 0.343 e. The van der Waals surface area contributed by atoms with E-state index in [9.17, 15) is 9.59 Å². The molecule has 0 aliphatic carbocycles. The molecule has 8 nitrogen and oxygen atoms in total. The van der Waals surface area contributed by atoms with Crippen molar-refractivity contribution in [3.8, 4) is 11.5 Å². The van der Waals surface area contributed by atoms with Crippen molar-refractivity contribution in [3.63, 3.8) is 0 Å². The number of carbonyl (C=O) groups is 2. The third-order valence-electron chi connectivity index (χ3n) is 2.40. The predicted octanol–water partition coefficient (Wildman–Crippen LogP) is 2.16. The number of nitrogens with one attached hydrogen (secondary N) is 1. The topological polar surface area (TPSA) is 112 Å². The number of hydrogen-bond donors (Lipinski definition) is 2. The van der Waals surface area contributed by atoms with Crippen molar-refractivity contribution in [2.75, 3.05) is 20.3 Å². The lowest BCUT2D eigenvalue weighted by molar-refractivity contribution is -0.142. The van der Waals surface area contributed by atoms with Crippen molar-refractivity contribution >= 4 is 50.1 Å². The molecule has 0 unspecified atom stereocenters. The van der Waals surface area contributed by atoms with Gasteiger partial charge in [0.05, 0.1) is 24.4 Å².